The van der Waals surface area contributed by atoms with Crippen molar-refractivity contribution in [3.8, 4) is 0 Å². The Balaban J connectivity index is 1.78. The lowest BCUT2D eigenvalue weighted by molar-refractivity contribution is 0.0716. The molecule has 3 heteroatoms. The molecular weight excluding hydrogens is 200 g/mol. The fraction of sp³-hybridized carbons (Fsp3) is 1.00. The van der Waals surface area contributed by atoms with Gasteiger partial charge in [0, 0.05) is 25.7 Å². The highest BCUT2D eigenvalue weighted by atomic mass is 16.3. The zero-order valence-electron chi connectivity index (χ0n) is 10.3. The number of aliphatic hydroxyl groups is 1. The molecule has 94 valence electrons. The summed E-state index contributed by atoms with van der Waals surface area (Å²) in [5.41, 5.74) is 6.25. The van der Waals surface area contributed by atoms with Crippen LogP contribution in [0.2, 0.25) is 0 Å². The van der Waals surface area contributed by atoms with Crippen LogP contribution >= 0.6 is 0 Å². The van der Waals surface area contributed by atoms with Gasteiger partial charge < -0.3 is 15.7 Å². The summed E-state index contributed by atoms with van der Waals surface area (Å²) in [6, 6.07) is 0.411. The summed E-state index contributed by atoms with van der Waals surface area (Å²) in [4.78, 5) is 2.50. The van der Waals surface area contributed by atoms with E-state index in [-0.39, 0.29) is 6.10 Å². The molecule has 0 spiro atoms. The van der Waals surface area contributed by atoms with Gasteiger partial charge in [0.05, 0.1) is 6.10 Å². The van der Waals surface area contributed by atoms with Crippen LogP contribution in [-0.2, 0) is 0 Å². The van der Waals surface area contributed by atoms with E-state index < -0.39 is 0 Å². The van der Waals surface area contributed by atoms with E-state index >= 15 is 0 Å². The van der Waals surface area contributed by atoms with E-state index in [9.17, 15) is 5.11 Å². The van der Waals surface area contributed by atoms with Crippen LogP contribution in [0.5, 0.6) is 0 Å². The van der Waals surface area contributed by atoms with Crippen molar-refractivity contribution in [1.82, 2.24) is 4.90 Å². The lowest BCUT2D eigenvalue weighted by Crippen LogP contribution is -2.43. The Bertz CT molecular complexity index is 202. The smallest absolute Gasteiger partial charge is 0.0564 e. The molecule has 16 heavy (non-hydrogen) atoms. The maximum Gasteiger partial charge on any atom is 0.0564 e. The summed E-state index contributed by atoms with van der Waals surface area (Å²) in [7, 11) is 0. The molecule has 0 aromatic rings. The Morgan fingerprint density at radius 3 is 2.44 bits per heavy atom. The van der Waals surface area contributed by atoms with Gasteiger partial charge >= 0.3 is 0 Å². The quantitative estimate of drug-likeness (QED) is 0.699. The molecule has 1 saturated carbocycles. The number of hydrogen-bond acceptors (Lipinski definition) is 3. The SMILES string of the molecule is NC1CCCCCC1CN1CCC(O)CC1. The zero-order valence-corrected chi connectivity index (χ0v) is 10.3. The highest BCUT2D eigenvalue weighted by Crippen LogP contribution is 2.24. The molecule has 2 fully saturated rings. The number of aliphatic hydroxyl groups excluding tert-OH is 1. The van der Waals surface area contributed by atoms with E-state index in [0.717, 1.165) is 32.5 Å². The van der Waals surface area contributed by atoms with Crippen molar-refractivity contribution >= 4 is 0 Å². The highest BCUT2D eigenvalue weighted by Gasteiger charge is 2.24. The van der Waals surface area contributed by atoms with Crippen molar-refractivity contribution in [2.75, 3.05) is 19.6 Å². The molecular formula is C13H26N2O. The van der Waals surface area contributed by atoms with Gasteiger partial charge in [0.15, 0.2) is 0 Å². The molecule has 2 atom stereocenters. The van der Waals surface area contributed by atoms with Crippen LogP contribution in [0.3, 0.4) is 0 Å². The molecule has 0 bridgehead atoms. The van der Waals surface area contributed by atoms with Gasteiger partial charge in [-0.05, 0) is 31.6 Å². The first-order valence-corrected chi connectivity index (χ1v) is 6.91. The number of hydrogen-bond donors (Lipinski definition) is 2. The summed E-state index contributed by atoms with van der Waals surface area (Å²) in [6.07, 6.45) is 8.39. The van der Waals surface area contributed by atoms with Crippen LogP contribution in [-0.4, -0.2) is 41.8 Å². The van der Waals surface area contributed by atoms with E-state index in [1.165, 1.54) is 32.1 Å². The summed E-state index contributed by atoms with van der Waals surface area (Å²) in [6.45, 7) is 3.28. The highest BCUT2D eigenvalue weighted by molar-refractivity contribution is 4.81. The molecule has 3 N–H and O–H groups in total. The topological polar surface area (TPSA) is 49.5 Å². The lowest BCUT2D eigenvalue weighted by atomic mass is 9.94. The van der Waals surface area contributed by atoms with Crippen LogP contribution in [0.15, 0.2) is 0 Å². The van der Waals surface area contributed by atoms with Crippen molar-refractivity contribution in [2.24, 2.45) is 11.7 Å². The minimum atomic E-state index is -0.0564. The summed E-state index contributed by atoms with van der Waals surface area (Å²) < 4.78 is 0. The third kappa shape index (κ3) is 3.44. The zero-order chi connectivity index (χ0) is 11.4. The van der Waals surface area contributed by atoms with Gasteiger partial charge in [-0.1, -0.05) is 19.3 Å². The largest absolute Gasteiger partial charge is 0.393 e. The Kier molecular flexibility index (Phi) is 4.62. The molecule has 1 heterocycles. The van der Waals surface area contributed by atoms with Crippen LogP contribution in [0.1, 0.15) is 44.9 Å². The predicted molar refractivity (Wildman–Crippen MR) is 66.2 cm³/mol. The normalized spacial score (nSPS) is 34.9. The van der Waals surface area contributed by atoms with Gasteiger partial charge in [0.1, 0.15) is 0 Å². The standard InChI is InChI=1S/C13H26N2O/c14-13-5-3-1-2-4-11(13)10-15-8-6-12(16)7-9-15/h11-13,16H,1-10,14H2. The van der Waals surface area contributed by atoms with Crippen LogP contribution in [0.25, 0.3) is 0 Å². The number of likely N-dealkylation sites (tertiary alicyclic amines) is 1. The molecule has 0 aromatic heterocycles. The third-order valence-corrected chi connectivity index (χ3v) is 4.27. The Labute approximate surface area is 99.0 Å². The van der Waals surface area contributed by atoms with E-state index in [1.807, 2.05) is 0 Å². The van der Waals surface area contributed by atoms with Crippen molar-refractivity contribution in [3.05, 3.63) is 0 Å². The minimum absolute atomic E-state index is 0.0564. The van der Waals surface area contributed by atoms with Crippen molar-refractivity contribution < 1.29 is 5.11 Å². The summed E-state index contributed by atoms with van der Waals surface area (Å²) >= 11 is 0. The molecule has 2 rings (SSSR count). The number of rotatable bonds is 2. The molecule has 0 aromatic carbocycles. The van der Waals surface area contributed by atoms with E-state index in [2.05, 4.69) is 4.90 Å². The van der Waals surface area contributed by atoms with Crippen LogP contribution in [0, 0.1) is 5.92 Å². The van der Waals surface area contributed by atoms with Crippen LogP contribution in [0.4, 0.5) is 0 Å². The van der Waals surface area contributed by atoms with Gasteiger partial charge in [0.25, 0.3) is 0 Å². The lowest BCUT2D eigenvalue weighted by Gasteiger charge is -2.34. The van der Waals surface area contributed by atoms with Gasteiger partial charge in [0.2, 0.25) is 0 Å². The Morgan fingerprint density at radius 1 is 1.00 bits per heavy atom. The molecule has 1 aliphatic heterocycles. The van der Waals surface area contributed by atoms with Crippen molar-refractivity contribution in [1.29, 1.82) is 0 Å². The molecule has 3 nitrogen and oxygen atoms in total. The van der Waals surface area contributed by atoms with E-state index in [1.54, 1.807) is 0 Å². The first-order valence-electron chi connectivity index (χ1n) is 6.91. The second-order valence-corrected chi connectivity index (χ2v) is 5.59. The first-order chi connectivity index (χ1) is 7.75. The maximum atomic E-state index is 9.48. The van der Waals surface area contributed by atoms with Crippen molar-refractivity contribution in [3.63, 3.8) is 0 Å². The van der Waals surface area contributed by atoms with Gasteiger partial charge in [-0.2, -0.15) is 0 Å². The van der Waals surface area contributed by atoms with Gasteiger partial charge in [-0.15, -0.1) is 0 Å². The van der Waals surface area contributed by atoms with E-state index in [4.69, 9.17) is 5.73 Å². The minimum Gasteiger partial charge on any atom is -0.393 e. The first kappa shape index (κ1) is 12.3. The second kappa shape index (κ2) is 5.99. The fourth-order valence-corrected chi connectivity index (χ4v) is 3.07. The molecule has 2 unspecified atom stereocenters. The molecule has 1 aliphatic carbocycles. The van der Waals surface area contributed by atoms with Crippen LogP contribution < -0.4 is 5.73 Å². The maximum absolute atomic E-state index is 9.48. The molecule has 0 amide bonds. The number of nitrogens with two attached hydrogens (primary N) is 1. The summed E-state index contributed by atoms with van der Waals surface area (Å²) in [5.74, 6) is 0.692. The predicted octanol–water partition coefficient (Wildman–Crippen LogP) is 1.35. The molecule has 0 radical (unpaired) electrons. The van der Waals surface area contributed by atoms with Crippen molar-refractivity contribution in [2.45, 2.75) is 57.1 Å². The Hall–Kier alpha value is -0.120. The number of piperidine rings is 1. The van der Waals surface area contributed by atoms with Gasteiger partial charge in [-0.25, -0.2) is 0 Å². The average Bonchev–Trinajstić information content (AvgIpc) is 2.48. The average molecular weight is 226 g/mol. The monoisotopic (exact) mass is 226 g/mol. The number of nitrogens with zero attached hydrogens (tertiary/aromatic N) is 1. The van der Waals surface area contributed by atoms with E-state index in [0.29, 0.717) is 12.0 Å². The fourth-order valence-electron chi connectivity index (χ4n) is 3.07. The molecule has 2 aliphatic rings. The molecule has 1 saturated heterocycles. The summed E-state index contributed by atoms with van der Waals surface area (Å²) in [5, 5.41) is 9.48. The third-order valence-electron chi connectivity index (χ3n) is 4.27. The second-order valence-electron chi connectivity index (χ2n) is 5.59. The van der Waals surface area contributed by atoms with Gasteiger partial charge in [-0.3, -0.25) is 0 Å². The Morgan fingerprint density at radius 2 is 1.69 bits per heavy atom.